The van der Waals surface area contributed by atoms with Crippen molar-refractivity contribution in [3.8, 4) is 0 Å². The van der Waals surface area contributed by atoms with E-state index in [1.807, 2.05) is 0 Å². The second kappa shape index (κ2) is 7.00. The first kappa shape index (κ1) is 17.1. The maximum absolute atomic E-state index is 13.6. The van der Waals surface area contributed by atoms with Gasteiger partial charge in [0.15, 0.2) is 0 Å². The van der Waals surface area contributed by atoms with Crippen molar-refractivity contribution in [1.29, 1.82) is 0 Å². The van der Waals surface area contributed by atoms with Gasteiger partial charge in [-0.3, -0.25) is 4.79 Å². The Balaban J connectivity index is 1.72. The van der Waals surface area contributed by atoms with E-state index in [-0.39, 0.29) is 22.3 Å². The molecule has 1 unspecified atom stereocenters. The minimum atomic E-state index is -3.57. The number of amides is 1. The van der Waals surface area contributed by atoms with Gasteiger partial charge in [-0.2, -0.15) is 4.31 Å². The molecule has 0 spiro atoms. The Labute approximate surface area is 144 Å². The lowest BCUT2D eigenvalue weighted by molar-refractivity contribution is -0.120. The van der Waals surface area contributed by atoms with Crippen molar-refractivity contribution in [1.82, 2.24) is 4.31 Å². The zero-order chi connectivity index (χ0) is 17.2. The van der Waals surface area contributed by atoms with Crippen LogP contribution in [-0.2, 0) is 14.8 Å². The van der Waals surface area contributed by atoms with Gasteiger partial charge in [-0.15, -0.1) is 11.3 Å². The summed E-state index contributed by atoms with van der Waals surface area (Å²) in [7, 11) is -3.57. The molecule has 2 aromatic rings. The summed E-state index contributed by atoms with van der Waals surface area (Å²) < 4.78 is 40.4. The summed E-state index contributed by atoms with van der Waals surface area (Å²) in [5, 5.41) is 4.26. The Morgan fingerprint density at radius 1 is 1.25 bits per heavy atom. The molecule has 1 aliphatic rings. The molecule has 0 radical (unpaired) electrons. The summed E-state index contributed by atoms with van der Waals surface area (Å²) in [6.07, 6.45) is 1.18. The second-order valence-corrected chi connectivity index (χ2v) is 8.72. The monoisotopic (exact) mass is 368 g/mol. The van der Waals surface area contributed by atoms with Gasteiger partial charge in [0.05, 0.1) is 11.6 Å². The number of nitrogens with one attached hydrogen (secondary N) is 1. The Kier molecular flexibility index (Phi) is 4.98. The standard InChI is InChI=1S/C16H17FN2O3S2/c17-13-6-1-2-7-14(13)18-16(20)12-5-3-9-19(11-12)24(21,22)15-8-4-10-23-15/h1-2,4,6-8,10,12H,3,5,9,11H2,(H,18,20). The van der Waals surface area contributed by atoms with E-state index in [2.05, 4.69) is 5.32 Å². The normalized spacial score (nSPS) is 19.1. The number of para-hydroxylation sites is 1. The predicted molar refractivity (Wildman–Crippen MR) is 90.8 cm³/mol. The number of nitrogens with zero attached hydrogens (tertiary/aromatic N) is 1. The highest BCUT2D eigenvalue weighted by molar-refractivity contribution is 7.91. The molecule has 1 N–H and O–H groups in total. The highest BCUT2D eigenvalue weighted by Gasteiger charge is 2.33. The minimum absolute atomic E-state index is 0.112. The lowest BCUT2D eigenvalue weighted by Crippen LogP contribution is -2.43. The molecule has 8 heteroatoms. The maximum Gasteiger partial charge on any atom is 0.252 e. The molecule has 5 nitrogen and oxygen atoms in total. The number of carbonyl (C=O) groups excluding carboxylic acids is 1. The van der Waals surface area contributed by atoms with E-state index in [4.69, 9.17) is 0 Å². The summed E-state index contributed by atoms with van der Waals surface area (Å²) >= 11 is 1.16. The lowest BCUT2D eigenvalue weighted by atomic mass is 9.98. The SMILES string of the molecule is O=C(Nc1ccccc1F)C1CCCN(S(=O)(=O)c2cccs2)C1. The number of piperidine rings is 1. The second-order valence-electron chi connectivity index (χ2n) is 5.60. The van der Waals surface area contributed by atoms with Gasteiger partial charge < -0.3 is 5.32 Å². The van der Waals surface area contributed by atoms with Crippen molar-refractivity contribution in [3.05, 3.63) is 47.6 Å². The van der Waals surface area contributed by atoms with Crippen LogP contribution in [0, 0.1) is 11.7 Å². The molecule has 0 saturated carbocycles. The highest BCUT2D eigenvalue weighted by atomic mass is 32.2. The van der Waals surface area contributed by atoms with Crippen LogP contribution in [0.3, 0.4) is 0 Å². The van der Waals surface area contributed by atoms with Gasteiger partial charge in [0.1, 0.15) is 10.0 Å². The predicted octanol–water partition coefficient (Wildman–Crippen LogP) is 2.93. The van der Waals surface area contributed by atoms with E-state index in [0.717, 1.165) is 11.3 Å². The van der Waals surface area contributed by atoms with Gasteiger partial charge in [-0.25, -0.2) is 12.8 Å². The number of hydrogen-bond donors (Lipinski definition) is 1. The lowest BCUT2D eigenvalue weighted by Gasteiger charge is -2.30. The van der Waals surface area contributed by atoms with Crippen molar-refractivity contribution in [2.75, 3.05) is 18.4 Å². The quantitative estimate of drug-likeness (QED) is 0.902. The fourth-order valence-electron chi connectivity index (χ4n) is 2.71. The summed E-state index contributed by atoms with van der Waals surface area (Å²) in [5.41, 5.74) is 0.112. The van der Waals surface area contributed by atoms with E-state index in [9.17, 15) is 17.6 Å². The molecule has 3 rings (SSSR count). The number of sulfonamides is 1. The van der Waals surface area contributed by atoms with Crippen LogP contribution in [0.25, 0.3) is 0 Å². The Bertz CT molecular complexity index is 822. The third-order valence-corrected chi connectivity index (χ3v) is 7.21. The Hall–Kier alpha value is -1.77. The van der Waals surface area contributed by atoms with Crippen LogP contribution in [-0.4, -0.2) is 31.7 Å². The fraction of sp³-hybridized carbons (Fsp3) is 0.312. The van der Waals surface area contributed by atoms with Crippen LogP contribution in [0.4, 0.5) is 10.1 Å². The fourth-order valence-corrected chi connectivity index (χ4v) is 5.38. The molecule has 1 saturated heterocycles. The molecule has 1 aliphatic heterocycles. The molecule has 1 aromatic carbocycles. The van der Waals surface area contributed by atoms with Crippen LogP contribution in [0.2, 0.25) is 0 Å². The third-order valence-electron chi connectivity index (χ3n) is 3.98. The van der Waals surface area contributed by atoms with Gasteiger partial charge in [0.25, 0.3) is 10.0 Å². The molecule has 1 amide bonds. The molecule has 1 aromatic heterocycles. The smallest absolute Gasteiger partial charge is 0.252 e. The molecule has 1 atom stereocenters. The molecule has 128 valence electrons. The van der Waals surface area contributed by atoms with Crippen LogP contribution in [0.15, 0.2) is 46.0 Å². The first-order valence-corrected chi connectivity index (χ1v) is 9.89. The molecule has 0 bridgehead atoms. The summed E-state index contributed by atoms with van der Waals surface area (Å²) in [5.74, 6) is -1.36. The van der Waals surface area contributed by atoms with Crippen molar-refractivity contribution >= 4 is 33.0 Å². The van der Waals surface area contributed by atoms with E-state index >= 15 is 0 Å². The number of hydrogen-bond acceptors (Lipinski definition) is 4. The summed E-state index contributed by atoms with van der Waals surface area (Å²) in [6.45, 7) is 0.504. The third kappa shape index (κ3) is 3.50. The average Bonchev–Trinajstić information content (AvgIpc) is 3.12. The number of halogens is 1. The van der Waals surface area contributed by atoms with Gasteiger partial charge in [-0.1, -0.05) is 18.2 Å². The van der Waals surface area contributed by atoms with E-state index in [1.54, 1.807) is 29.6 Å². The first-order chi connectivity index (χ1) is 11.5. The number of anilines is 1. The zero-order valence-electron chi connectivity index (χ0n) is 12.8. The van der Waals surface area contributed by atoms with E-state index in [1.165, 1.54) is 16.4 Å². The summed E-state index contributed by atoms with van der Waals surface area (Å²) in [6, 6.07) is 9.17. The molecule has 2 heterocycles. The van der Waals surface area contributed by atoms with Crippen molar-refractivity contribution in [2.24, 2.45) is 5.92 Å². The number of carbonyl (C=O) groups is 1. The highest BCUT2D eigenvalue weighted by Crippen LogP contribution is 2.27. The number of rotatable bonds is 4. The van der Waals surface area contributed by atoms with Crippen LogP contribution in [0.5, 0.6) is 0 Å². The molecular formula is C16H17FN2O3S2. The first-order valence-electron chi connectivity index (χ1n) is 7.57. The maximum atomic E-state index is 13.6. The van der Waals surface area contributed by atoms with E-state index in [0.29, 0.717) is 19.4 Å². The minimum Gasteiger partial charge on any atom is -0.323 e. The molecular weight excluding hydrogens is 351 g/mol. The van der Waals surface area contributed by atoms with Crippen molar-refractivity contribution < 1.29 is 17.6 Å². The van der Waals surface area contributed by atoms with Crippen LogP contribution >= 0.6 is 11.3 Å². The Morgan fingerprint density at radius 2 is 2.04 bits per heavy atom. The van der Waals surface area contributed by atoms with Gasteiger partial charge >= 0.3 is 0 Å². The molecule has 1 fully saturated rings. The Morgan fingerprint density at radius 3 is 2.75 bits per heavy atom. The van der Waals surface area contributed by atoms with Crippen LogP contribution < -0.4 is 5.32 Å². The average molecular weight is 368 g/mol. The van der Waals surface area contributed by atoms with Gasteiger partial charge in [-0.05, 0) is 36.4 Å². The van der Waals surface area contributed by atoms with Crippen molar-refractivity contribution in [3.63, 3.8) is 0 Å². The topological polar surface area (TPSA) is 66.5 Å². The summed E-state index contributed by atoms with van der Waals surface area (Å²) in [4.78, 5) is 12.4. The zero-order valence-corrected chi connectivity index (χ0v) is 14.4. The van der Waals surface area contributed by atoms with Gasteiger partial charge in [0.2, 0.25) is 5.91 Å². The van der Waals surface area contributed by atoms with Gasteiger partial charge in [0, 0.05) is 13.1 Å². The van der Waals surface area contributed by atoms with Crippen molar-refractivity contribution in [2.45, 2.75) is 17.1 Å². The largest absolute Gasteiger partial charge is 0.323 e. The number of thiophene rings is 1. The molecule has 0 aliphatic carbocycles. The molecule has 24 heavy (non-hydrogen) atoms. The van der Waals surface area contributed by atoms with Crippen LogP contribution in [0.1, 0.15) is 12.8 Å². The number of benzene rings is 1. The van der Waals surface area contributed by atoms with E-state index < -0.39 is 21.8 Å².